The standard InChI is InChI=1S/C22H26N2OS/c1-2-3-4-5-6-7-14-25-20-12-10-18(11-13-20)22-23-16-19(17-24-22)21-9-8-15-26-21/h8-13,15-17H,2-7,14H2,1H3. The van der Waals surface area contributed by atoms with Gasteiger partial charge in [-0.1, -0.05) is 45.1 Å². The van der Waals surface area contributed by atoms with Crippen molar-refractivity contribution in [2.45, 2.75) is 45.4 Å². The van der Waals surface area contributed by atoms with Crippen LogP contribution >= 0.6 is 11.3 Å². The van der Waals surface area contributed by atoms with Gasteiger partial charge in [0.05, 0.1) is 6.61 Å². The maximum Gasteiger partial charge on any atom is 0.159 e. The Bertz CT molecular complexity index is 752. The first-order valence-electron chi connectivity index (χ1n) is 9.46. The van der Waals surface area contributed by atoms with E-state index in [1.165, 1.54) is 37.0 Å². The second-order valence-corrected chi connectivity index (χ2v) is 7.36. The molecule has 0 aliphatic carbocycles. The number of hydrogen-bond donors (Lipinski definition) is 0. The lowest BCUT2D eigenvalue weighted by Crippen LogP contribution is -1.97. The molecule has 0 saturated heterocycles. The number of nitrogens with zero attached hydrogens (tertiary/aromatic N) is 2. The highest BCUT2D eigenvalue weighted by atomic mass is 32.1. The van der Waals surface area contributed by atoms with E-state index in [0.29, 0.717) is 0 Å². The van der Waals surface area contributed by atoms with Gasteiger partial charge >= 0.3 is 0 Å². The first-order chi connectivity index (χ1) is 12.9. The van der Waals surface area contributed by atoms with Gasteiger partial charge in [0.15, 0.2) is 5.82 Å². The smallest absolute Gasteiger partial charge is 0.159 e. The maximum atomic E-state index is 5.83. The van der Waals surface area contributed by atoms with Crippen molar-refractivity contribution in [1.29, 1.82) is 0 Å². The summed E-state index contributed by atoms with van der Waals surface area (Å²) in [5.41, 5.74) is 2.07. The summed E-state index contributed by atoms with van der Waals surface area (Å²) in [7, 11) is 0. The monoisotopic (exact) mass is 366 g/mol. The normalized spacial score (nSPS) is 10.8. The molecule has 0 radical (unpaired) electrons. The van der Waals surface area contributed by atoms with Gasteiger partial charge in [0.25, 0.3) is 0 Å². The molecule has 0 saturated carbocycles. The maximum absolute atomic E-state index is 5.83. The van der Waals surface area contributed by atoms with Crippen molar-refractivity contribution in [3.05, 3.63) is 54.2 Å². The molecule has 0 N–H and O–H groups in total. The number of rotatable bonds is 10. The SMILES string of the molecule is CCCCCCCCOc1ccc(-c2ncc(-c3cccs3)cn2)cc1. The van der Waals surface area contributed by atoms with Gasteiger partial charge in [0.1, 0.15) is 5.75 Å². The van der Waals surface area contributed by atoms with Gasteiger partial charge in [-0.25, -0.2) is 9.97 Å². The van der Waals surface area contributed by atoms with Crippen LogP contribution in [-0.2, 0) is 0 Å². The van der Waals surface area contributed by atoms with Crippen LogP contribution < -0.4 is 4.74 Å². The quantitative estimate of drug-likeness (QED) is 0.379. The van der Waals surface area contributed by atoms with E-state index in [1.807, 2.05) is 42.7 Å². The lowest BCUT2D eigenvalue weighted by Gasteiger charge is -2.07. The number of benzene rings is 1. The molecule has 26 heavy (non-hydrogen) atoms. The van der Waals surface area contributed by atoms with Crippen LogP contribution in [0.25, 0.3) is 21.8 Å². The summed E-state index contributed by atoms with van der Waals surface area (Å²) in [5, 5.41) is 2.06. The average Bonchev–Trinajstić information content (AvgIpc) is 3.23. The van der Waals surface area contributed by atoms with Gasteiger partial charge in [0.2, 0.25) is 0 Å². The molecule has 0 aliphatic rings. The van der Waals surface area contributed by atoms with Crippen molar-refractivity contribution < 1.29 is 4.74 Å². The highest BCUT2D eigenvalue weighted by Crippen LogP contribution is 2.25. The Morgan fingerprint density at radius 1 is 0.846 bits per heavy atom. The summed E-state index contributed by atoms with van der Waals surface area (Å²) in [4.78, 5) is 10.2. The number of hydrogen-bond acceptors (Lipinski definition) is 4. The Hall–Kier alpha value is -2.20. The summed E-state index contributed by atoms with van der Waals surface area (Å²) in [6.45, 7) is 3.04. The number of aromatic nitrogens is 2. The van der Waals surface area contributed by atoms with Crippen LogP contribution in [0.1, 0.15) is 45.4 Å². The molecule has 136 valence electrons. The summed E-state index contributed by atoms with van der Waals surface area (Å²) >= 11 is 1.70. The Balaban J connectivity index is 1.48. The van der Waals surface area contributed by atoms with E-state index in [2.05, 4.69) is 28.3 Å². The minimum absolute atomic E-state index is 0.743. The molecule has 0 unspecified atom stereocenters. The topological polar surface area (TPSA) is 35.0 Å². The molecule has 3 aromatic rings. The van der Waals surface area contributed by atoms with E-state index in [9.17, 15) is 0 Å². The molecule has 0 bridgehead atoms. The molecule has 4 heteroatoms. The van der Waals surface area contributed by atoms with Crippen LogP contribution in [0.4, 0.5) is 0 Å². The number of ether oxygens (including phenoxy) is 1. The zero-order valence-electron chi connectivity index (χ0n) is 15.4. The lowest BCUT2D eigenvalue weighted by molar-refractivity contribution is 0.304. The van der Waals surface area contributed by atoms with E-state index in [4.69, 9.17) is 4.74 Å². The molecule has 0 aliphatic heterocycles. The highest BCUT2D eigenvalue weighted by molar-refractivity contribution is 7.13. The number of thiophene rings is 1. The fourth-order valence-electron chi connectivity index (χ4n) is 2.82. The molecule has 0 amide bonds. The van der Waals surface area contributed by atoms with Crippen molar-refractivity contribution in [3.63, 3.8) is 0 Å². The van der Waals surface area contributed by atoms with Crippen molar-refractivity contribution in [3.8, 4) is 27.6 Å². The van der Waals surface area contributed by atoms with Crippen molar-refractivity contribution >= 4 is 11.3 Å². The number of unbranched alkanes of at least 4 members (excludes halogenated alkanes) is 5. The van der Waals surface area contributed by atoms with Crippen LogP contribution in [0.2, 0.25) is 0 Å². The molecule has 3 rings (SSSR count). The van der Waals surface area contributed by atoms with Gasteiger partial charge in [-0.15, -0.1) is 11.3 Å². The van der Waals surface area contributed by atoms with Crippen LogP contribution in [-0.4, -0.2) is 16.6 Å². The highest BCUT2D eigenvalue weighted by Gasteiger charge is 2.04. The fourth-order valence-corrected chi connectivity index (χ4v) is 3.52. The molecule has 2 aromatic heterocycles. The molecule has 1 aromatic carbocycles. The van der Waals surface area contributed by atoms with Crippen molar-refractivity contribution in [2.75, 3.05) is 6.61 Å². The van der Waals surface area contributed by atoms with E-state index >= 15 is 0 Å². The predicted molar refractivity (Wildman–Crippen MR) is 110 cm³/mol. The lowest BCUT2D eigenvalue weighted by atomic mass is 10.1. The zero-order valence-corrected chi connectivity index (χ0v) is 16.2. The van der Waals surface area contributed by atoms with Gasteiger partial charge in [-0.05, 0) is 42.1 Å². The van der Waals surface area contributed by atoms with Crippen LogP contribution in [0.3, 0.4) is 0 Å². The molecular weight excluding hydrogens is 340 g/mol. The summed E-state index contributed by atoms with van der Waals surface area (Å²) < 4.78 is 5.83. The van der Waals surface area contributed by atoms with Gasteiger partial charge in [-0.3, -0.25) is 0 Å². The van der Waals surface area contributed by atoms with E-state index in [1.54, 1.807) is 11.3 Å². The third kappa shape index (κ3) is 5.40. The van der Waals surface area contributed by atoms with Gasteiger partial charge < -0.3 is 4.74 Å². The third-order valence-electron chi connectivity index (χ3n) is 4.34. The Morgan fingerprint density at radius 3 is 2.27 bits per heavy atom. The molecule has 0 atom stereocenters. The molecule has 0 spiro atoms. The summed E-state index contributed by atoms with van der Waals surface area (Å²) in [6.07, 6.45) is 11.4. The molecular formula is C22H26N2OS. The van der Waals surface area contributed by atoms with Crippen LogP contribution in [0, 0.1) is 0 Å². The second kappa shape index (κ2) is 10.1. The van der Waals surface area contributed by atoms with E-state index in [0.717, 1.165) is 35.7 Å². The summed E-state index contributed by atoms with van der Waals surface area (Å²) in [5.74, 6) is 1.66. The summed E-state index contributed by atoms with van der Waals surface area (Å²) in [6, 6.07) is 12.2. The van der Waals surface area contributed by atoms with Gasteiger partial charge in [0, 0.05) is 28.4 Å². The minimum atomic E-state index is 0.743. The molecule has 3 nitrogen and oxygen atoms in total. The minimum Gasteiger partial charge on any atom is -0.494 e. The Morgan fingerprint density at radius 2 is 1.58 bits per heavy atom. The zero-order chi connectivity index (χ0) is 18.0. The van der Waals surface area contributed by atoms with E-state index in [-0.39, 0.29) is 0 Å². The first kappa shape index (κ1) is 18.6. The predicted octanol–water partition coefficient (Wildman–Crippen LogP) is 6.61. The van der Waals surface area contributed by atoms with Crippen LogP contribution in [0.5, 0.6) is 5.75 Å². The average molecular weight is 367 g/mol. The van der Waals surface area contributed by atoms with Crippen molar-refractivity contribution in [1.82, 2.24) is 9.97 Å². The first-order valence-corrected chi connectivity index (χ1v) is 10.3. The van der Waals surface area contributed by atoms with Gasteiger partial charge in [-0.2, -0.15) is 0 Å². The van der Waals surface area contributed by atoms with E-state index < -0.39 is 0 Å². The largest absolute Gasteiger partial charge is 0.494 e. The second-order valence-electron chi connectivity index (χ2n) is 6.41. The van der Waals surface area contributed by atoms with Crippen LogP contribution in [0.15, 0.2) is 54.2 Å². The van der Waals surface area contributed by atoms with Crippen molar-refractivity contribution in [2.24, 2.45) is 0 Å². The third-order valence-corrected chi connectivity index (χ3v) is 5.26. The Labute approximate surface area is 160 Å². The fraction of sp³-hybridized carbons (Fsp3) is 0.364. The Kier molecular flexibility index (Phi) is 7.20. The molecule has 0 fully saturated rings. The molecule has 2 heterocycles.